The van der Waals surface area contributed by atoms with Crippen molar-refractivity contribution >= 4 is 30.6 Å². The molecule has 3 rings (SSSR count). The van der Waals surface area contributed by atoms with Crippen molar-refractivity contribution in [2.24, 2.45) is 0 Å². The molecule has 0 saturated carbocycles. The summed E-state index contributed by atoms with van der Waals surface area (Å²) in [7, 11) is 0. The van der Waals surface area contributed by atoms with Crippen LogP contribution in [0.4, 0.5) is 5.82 Å². The van der Waals surface area contributed by atoms with Gasteiger partial charge in [0.15, 0.2) is 0 Å². The molecule has 0 unspecified atom stereocenters. The third kappa shape index (κ3) is 3.83. The molecule has 0 fully saturated rings. The molecule has 1 aliphatic rings. The smallest absolute Gasteiger partial charge is 0.126 e. The van der Waals surface area contributed by atoms with Crippen LogP contribution in [0.5, 0.6) is 0 Å². The normalized spacial score (nSPS) is 12.8. The van der Waals surface area contributed by atoms with Gasteiger partial charge in [-0.05, 0) is 12.1 Å². The molecule has 0 amide bonds. The minimum atomic E-state index is 0. The number of nitrogens with zero attached hydrogens (tertiary/aromatic N) is 3. The molecule has 19 heavy (non-hydrogen) atoms. The Morgan fingerprint density at radius 1 is 1.32 bits per heavy atom. The number of hydrogen-bond acceptors (Lipinski definition) is 4. The second-order valence-corrected chi connectivity index (χ2v) is 4.09. The average molecular weight is 302 g/mol. The molecule has 2 N–H and O–H groups in total. The second kappa shape index (κ2) is 7.33. The molecule has 0 atom stereocenters. The molecule has 5 nitrogen and oxygen atoms in total. The summed E-state index contributed by atoms with van der Waals surface area (Å²) in [5.74, 6) is 2.01. The highest BCUT2D eigenvalue weighted by molar-refractivity contribution is 5.85. The number of imidazole rings is 1. The maximum absolute atomic E-state index is 4.58. The lowest BCUT2D eigenvalue weighted by Gasteiger charge is -2.13. The van der Waals surface area contributed by atoms with E-state index in [-0.39, 0.29) is 24.8 Å². The van der Waals surface area contributed by atoms with Crippen molar-refractivity contribution in [1.29, 1.82) is 0 Å². The van der Waals surface area contributed by atoms with Crippen molar-refractivity contribution < 1.29 is 0 Å². The Morgan fingerprint density at radius 3 is 2.95 bits per heavy atom. The highest BCUT2D eigenvalue weighted by atomic mass is 35.5. The SMILES string of the molecule is Cl.Cl.c1ccc(NCc2cn3c(n2)CNCC3)nc1. The zero-order valence-corrected chi connectivity index (χ0v) is 12.0. The van der Waals surface area contributed by atoms with Crippen molar-refractivity contribution in [3.8, 4) is 0 Å². The first-order valence-corrected chi connectivity index (χ1v) is 5.82. The Labute approximate surface area is 124 Å². The van der Waals surface area contributed by atoms with E-state index in [0.29, 0.717) is 0 Å². The van der Waals surface area contributed by atoms with Gasteiger partial charge in [-0.2, -0.15) is 0 Å². The molecular formula is C12H17Cl2N5. The summed E-state index contributed by atoms with van der Waals surface area (Å²) in [4.78, 5) is 8.79. The highest BCUT2D eigenvalue weighted by Crippen LogP contribution is 2.08. The van der Waals surface area contributed by atoms with Gasteiger partial charge in [-0.1, -0.05) is 6.07 Å². The first-order valence-electron chi connectivity index (χ1n) is 5.82. The third-order valence-corrected chi connectivity index (χ3v) is 2.84. The van der Waals surface area contributed by atoms with Crippen LogP contribution in [-0.2, 0) is 19.6 Å². The lowest BCUT2D eigenvalue weighted by molar-refractivity contribution is 0.505. The maximum atomic E-state index is 4.58. The maximum Gasteiger partial charge on any atom is 0.126 e. The number of pyridine rings is 1. The molecule has 0 bridgehead atoms. The number of hydrogen-bond donors (Lipinski definition) is 2. The van der Waals surface area contributed by atoms with Crippen LogP contribution in [0.15, 0.2) is 30.6 Å². The molecule has 0 saturated heterocycles. The van der Waals surface area contributed by atoms with E-state index in [9.17, 15) is 0 Å². The zero-order chi connectivity index (χ0) is 11.5. The Kier molecular flexibility index (Phi) is 6.08. The van der Waals surface area contributed by atoms with E-state index >= 15 is 0 Å². The fourth-order valence-corrected chi connectivity index (χ4v) is 1.98. The highest BCUT2D eigenvalue weighted by Gasteiger charge is 2.11. The van der Waals surface area contributed by atoms with Gasteiger partial charge in [0.05, 0.1) is 18.8 Å². The fraction of sp³-hybridized carbons (Fsp3) is 0.333. The fourth-order valence-electron chi connectivity index (χ4n) is 1.98. The number of fused-ring (bicyclic) bond motifs is 1. The molecular weight excluding hydrogens is 285 g/mol. The topological polar surface area (TPSA) is 54.8 Å². The number of rotatable bonds is 3. The van der Waals surface area contributed by atoms with E-state index in [0.717, 1.165) is 43.5 Å². The minimum Gasteiger partial charge on any atom is -0.364 e. The first kappa shape index (κ1) is 15.8. The van der Waals surface area contributed by atoms with Gasteiger partial charge >= 0.3 is 0 Å². The molecule has 104 valence electrons. The summed E-state index contributed by atoms with van der Waals surface area (Å²) >= 11 is 0. The van der Waals surface area contributed by atoms with Crippen molar-refractivity contribution in [3.05, 3.63) is 42.1 Å². The van der Waals surface area contributed by atoms with E-state index < -0.39 is 0 Å². The van der Waals surface area contributed by atoms with Gasteiger partial charge in [0.1, 0.15) is 11.6 Å². The van der Waals surface area contributed by atoms with Crippen LogP contribution in [0, 0.1) is 0 Å². The van der Waals surface area contributed by atoms with Crippen molar-refractivity contribution in [2.45, 2.75) is 19.6 Å². The largest absolute Gasteiger partial charge is 0.364 e. The van der Waals surface area contributed by atoms with E-state index in [4.69, 9.17) is 0 Å². The van der Waals surface area contributed by atoms with Gasteiger partial charge in [-0.3, -0.25) is 0 Å². The molecule has 0 aliphatic carbocycles. The molecule has 0 spiro atoms. The quantitative estimate of drug-likeness (QED) is 0.908. The second-order valence-electron chi connectivity index (χ2n) is 4.09. The average Bonchev–Trinajstić information content (AvgIpc) is 2.80. The molecule has 0 aromatic carbocycles. The van der Waals surface area contributed by atoms with Crippen LogP contribution in [0.1, 0.15) is 11.5 Å². The molecule has 0 radical (unpaired) electrons. The summed E-state index contributed by atoms with van der Waals surface area (Å²) < 4.78 is 2.21. The van der Waals surface area contributed by atoms with Crippen LogP contribution in [0.2, 0.25) is 0 Å². The Balaban J connectivity index is 0.000000902. The van der Waals surface area contributed by atoms with Crippen LogP contribution in [-0.4, -0.2) is 21.1 Å². The molecule has 2 aromatic heterocycles. The van der Waals surface area contributed by atoms with Gasteiger partial charge in [0.25, 0.3) is 0 Å². The van der Waals surface area contributed by atoms with Crippen LogP contribution >= 0.6 is 24.8 Å². The molecule has 7 heteroatoms. The van der Waals surface area contributed by atoms with Gasteiger partial charge < -0.3 is 15.2 Å². The van der Waals surface area contributed by atoms with Crippen molar-refractivity contribution in [2.75, 3.05) is 11.9 Å². The summed E-state index contributed by atoms with van der Waals surface area (Å²) in [6.45, 7) is 3.61. The Bertz CT molecular complexity index is 477. The minimum absolute atomic E-state index is 0. The Morgan fingerprint density at radius 2 is 2.21 bits per heavy atom. The predicted molar refractivity (Wildman–Crippen MR) is 80.0 cm³/mol. The lowest BCUT2D eigenvalue weighted by Crippen LogP contribution is -2.27. The molecule has 1 aliphatic heterocycles. The molecule has 2 aromatic rings. The van der Waals surface area contributed by atoms with Crippen LogP contribution in [0.25, 0.3) is 0 Å². The van der Waals surface area contributed by atoms with E-state index in [1.165, 1.54) is 0 Å². The molecule has 3 heterocycles. The van der Waals surface area contributed by atoms with Crippen molar-refractivity contribution in [3.63, 3.8) is 0 Å². The van der Waals surface area contributed by atoms with Crippen LogP contribution < -0.4 is 10.6 Å². The summed E-state index contributed by atoms with van der Waals surface area (Å²) in [6, 6.07) is 5.83. The Hall–Kier alpha value is -1.30. The number of aromatic nitrogens is 3. The monoisotopic (exact) mass is 301 g/mol. The lowest BCUT2D eigenvalue weighted by atomic mass is 10.4. The van der Waals surface area contributed by atoms with E-state index in [1.807, 2.05) is 18.2 Å². The van der Waals surface area contributed by atoms with Gasteiger partial charge in [-0.25, -0.2) is 9.97 Å². The number of anilines is 1. The standard InChI is InChI=1S/C12H15N5.2ClH/c1-2-4-14-11(3-1)15-7-10-9-17-6-5-13-8-12(17)16-10;;/h1-4,9,13H,5-8H2,(H,14,15);2*1H. The number of nitrogens with one attached hydrogen (secondary N) is 2. The number of halogens is 2. The van der Waals surface area contributed by atoms with Gasteiger partial charge in [-0.15, -0.1) is 24.8 Å². The summed E-state index contributed by atoms with van der Waals surface area (Å²) in [5.41, 5.74) is 1.06. The van der Waals surface area contributed by atoms with Gasteiger partial charge in [0, 0.05) is 25.5 Å². The zero-order valence-electron chi connectivity index (χ0n) is 10.4. The first-order chi connectivity index (χ1) is 8.42. The van der Waals surface area contributed by atoms with Crippen LogP contribution in [0.3, 0.4) is 0 Å². The third-order valence-electron chi connectivity index (χ3n) is 2.84. The van der Waals surface area contributed by atoms with E-state index in [1.54, 1.807) is 6.20 Å². The predicted octanol–water partition coefficient (Wildman–Crippen LogP) is 1.84. The van der Waals surface area contributed by atoms with Gasteiger partial charge in [0.2, 0.25) is 0 Å². The summed E-state index contributed by atoms with van der Waals surface area (Å²) in [6.07, 6.45) is 3.90. The van der Waals surface area contributed by atoms with Crippen molar-refractivity contribution in [1.82, 2.24) is 19.9 Å². The summed E-state index contributed by atoms with van der Waals surface area (Å²) in [5, 5.41) is 6.57. The van der Waals surface area contributed by atoms with E-state index in [2.05, 4.69) is 31.4 Å².